The minimum atomic E-state index is -3.94. The van der Waals surface area contributed by atoms with Crippen LogP contribution in [0, 0.1) is 11.3 Å². The maximum atomic E-state index is 12.2. The number of rotatable bonds is 7. The van der Waals surface area contributed by atoms with E-state index in [1.807, 2.05) is 12.1 Å². The molecule has 136 valence electrons. The highest BCUT2D eigenvalue weighted by molar-refractivity contribution is 7.93. The molecule has 1 fully saturated rings. The molecule has 2 N–H and O–H groups in total. The molecular formula is C17H23N3O4S. The predicted molar refractivity (Wildman–Crippen MR) is 96.3 cm³/mol. The van der Waals surface area contributed by atoms with Crippen molar-refractivity contribution >= 4 is 21.8 Å². The zero-order valence-electron chi connectivity index (χ0n) is 14.2. The number of anilines is 1. The molecule has 1 aliphatic heterocycles. The van der Waals surface area contributed by atoms with E-state index in [1.165, 1.54) is 6.08 Å². The van der Waals surface area contributed by atoms with Gasteiger partial charge in [0.25, 0.3) is 10.0 Å². The number of aliphatic hydroxyl groups excluding tert-OH is 1. The molecule has 2 rings (SSSR count). The van der Waals surface area contributed by atoms with Crippen molar-refractivity contribution in [3.63, 3.8) is 0 Å². The van der Waals surface area contributed by atoms with E-state index in [4.69, 9.17) is 4.74 Å². The van der Waals surface area contributed by atoms with Crippen molar-refractivity contribution < 1.29 is 18.3 Å². The van der Waals surface area contributed by atoms with Crippen LogP contribution in [0.1, 0.15) is 18.9 Å². The summed E-state index contributed by atoms with van der Waals surface area (Å²) >= 11 is 0. The molecule has 8 heteroatoms. The highest BCUT2D eigenvalue weighted by Gasteiger charge is 2.18. The van der Waals surface area contributed by atoms with Crippen molar-refractivity contribution in [1.82, 2.24) is 4.72 Å². The normalized spacial score (nSPS) is 17.2. The lowest BCUT2D eigenvalue weighted by molar-refractivity contribution is 0.122. The number of benzene rings is 1. The molecule has 0 aromatic heterocycles. The zero-order chi connectivity index (χ0) is 18.3. The van der Waals surface area contributed by atoms with Gasteiger partial charge in [-0.3, -0.25) is 0 Å². The second kappa shape index (κ2) is 8.97. The highest BCUT2D eigenvalue weighted by atomic mass is 32.2. The van der Waals surface area contributed by atoms with E-state index in [0.29, 0.717) is 25.2 Å². The summed E-state index contributed by atoms with van der Waals surface area (Å²) < 4.78 is 31.9. The van der Waals surface area contributed by atoms with Gasteiger partial charge in [-0.25, -0.2) is 13.1 Å². The van der Waals surface area contributed by atoms with Crippen molar-refractivity contribution in [3.05, 3.63) is 34.7 Å². The molecule has 0 aliphatic carbocycles. The van der Waals surface area contributed by atoms with Gasteiger partial charge in [-0.2, -0.15) is 5.26 Å². The molecule has 1 aromatic carbocycles. The fraction of sp³-hybridized carbons (Fsp3) is 0.471. The van der Waals surface area contributed by atoms with Gasteiger partial charge in [0.15, 0.2) is 4.91 Å². The minimum Gasteiger partial charge on any atom is -0.392 e. The van der Waals surface area contributed by atoms with Crippen LogP contribution in [0.5, 0.6) is 0 Å². The number of nitrogens with one attached hydrogen (secondary N) is 1. The predicted octanol–water partition coefficient (Wildman–Crippen LogP) is 1.08. The molecule has 1 heterocycles. The second-order valence-electron chi connectivity index (χ2n) is 5.73. The van der Waals surface area contributed by atoms with E-state index < -0.39 is 16.1 Å². The first kappa shape index (κ1) is 19.4. The topological polar surface area (TPSA) is 103 Å². The summed E-state index contributed by atoms with van der Waals surface area (Å²) in [5, 5.41) is 18.7. The fourth-order valence-electron chi connectivity index (χ4n) is 2.35. The van der Waals surface area contributed by atoms with Gasteiger partial charge in [-0.05, 0) is 30.2 Å². The molecule has 1 saturated heterocycles. The number of aliphatic hydroxyl groups is 1. The summed E-state index contributed by atoms with van der Waals surface area (Å²) in [7, 11) is -3.94. The quantitative estimate of drug-likeness (QED) is 0.701. The third kappa shape index (κ3) is 5.54. The number of morpholine rings is 1. The molecule has 1 atom stereocenters. The van der Waals surface area contributed by atoms with Crippen molar-refractivity contribution in [2.75, 3.05) is 37.7 Å². The Morgan fingerprint density at radius 1 is 1.40 bits per heavy atom. The van der Waals surface area contributed by atoms with Gasteiger partial charge in [0.2, 0.25) is 0 Å². The lowest BCUT2D eigenvalue weighted by Crippen LogP contribution is -2.36. The Kier molecular flexibility index (Phi) is 6.96. The number of sulfonamides is 1. The molecular weight excluding hydrogens is 342 g/mol. The van der Waals surface area contributed by atoms with Crippen LogP contribution in [0.15, 0.2) is 29.2 Å². The second-order valence-corrected chi connectivity index (χ2v) is 7.46. The summed E-state index contributed by atoms with van der Waals surface area (Å²) in [5.41, 5.74) is 1.65. The smallest absolute Gasteiger partial charge is 0.250 e. The van der Waals surface area contributed by atoms with E-state index >= 15 is 0 Å². The van der Waals surface area contributed by atoms with Gasteiger partial charge >= 0.3 is 0 Å². The van der Waals surface area contributed by atoms with E-state index in [9.17, 15) is 18.8 Å². The van der Waals surface area contributed by atoms with Gasteiger partial charge in [0.05, 0.1) is 19.3 Å². The van der Waals surface area contributed by atoms with Crippen LogP contribution in [0.3, 0.4) is 0 Å². The van der Waals surface area contributed by atoms with Gasteiger partial charge in [-0.1, -0.05) is 19.1 Å². The number of allylic oxidation sites excluding steroid dienone is 1. The van der Waals surface area contributed by atoms with Crippen LogP contribution >= 0.6 is 0 Å². The molecule has 25 heavy (non-hydrogen) atoms. The molecule has 1 aliphatic rings. The fourth-order valence-corrected chi connectivity index (χ4v) is 3.33. The standard InChI is InChI=1S/C17H23N3O4S/c1-2-16(21)13-19-25(22,23)17(12-18)11-14-3-5-15(6-4-14)20-7-9-24-10-8-20/h3-6,11,16,19,21H,2,7-10,13H2,1H3/b17-11+. The van der Waals surface area contributed by atoms with E-state index in [-0.39, 0.29) is 11.4 Å². The first-order valence-corrected chi connectivity index (χ1v) is 9.67. The molecule has 0 spiro atoms. The molecule has 0 bridgehead atoms. The van der Waals surface area contributed by atoms with Crippen LogP contribution < -0.4 is 9.62 Å². The molecule has 0 radical (unpaired) electrons. The number of ether oxygens (including phenoxy) is 1. The van der Waals surface area contributed by atoms with Crippen molar-refractivity contribution in [2.24, 2.45) is 0 Å². The lowest BCUT2D eigenvalue weighted by atomic mass is 10.2. The average molecular weight is 365 g/mol. The maximum absolute atomic E-state index is 12.2. The monoisotopic (exact) mass is 365 g/mol. The van der Waals surface area contributed by atoms with Gasteiger partial charge in [0.1, 0.15) is 6.07 Å². The highest BCUT2D eigenvalue weighted by Crippen LogP contribution is 2.19. The number of nitriles is 1. The van der Waals surface area contributed by atoms with E-state index in [1.54, 1.807) is 25.1 Å². The Hall–Kier alpha value is -1.92. The molecule has 7 nitrogen and oxygen atoms in total. The average Bonchev–Trinajstić information content (AvgIpc) is 2.65. The molecule has 0 saturated carbocycles. The number of hydrogen-bond donors (Lipinski definition) is 2. The van der Waals surface area contributed by atoms with Crippen molar-refractivity contribution in [3.8, 4) is 6.07 Å². The van der Waals surface area contributed by atoms with Gasteiger partial charge in [-0.15, -0.1) is 0 Å². The summed E-state index contributed by atoms with van der Waals surface area (Å²) in [6, 6.07) is 9.06. The van der Waals surface area contributed by atoms with E-state index in [2.05, 4.69) is 9.62 Å². The molecule has 1 unspecified atom stereocenters. The lowest BCUT2D eigenvalue weighted by Gasteiger charge is -2.28. The number of nitrogens with zero attached hydrogens (tertiary/aromatic N) is 2. The number of hydrogen-bond acceptors (Lipinski definition) is 6. The third-order valence-electron chi connectivity index (χ3n) is 3.95. The summed E-state index contributed by atoms with van der Waals surface area (Å²) in [5.74, 6) is 0. The first-order chi connectivity index (χ1) is 12.0. The van der Waals surface area contributed by atoms with Crippen LogP contribution in [-0.4, -0.2) is 52.5 Å². The van der Waals surface area contributed by atoms with Crippen molar-refractivity contribution in [2.45, 2.75) is 19.4 Å². The van der Waals surface area contributed by atoms with Crippen LogP contribution in [0.4, 0.5) is 5.69 Å². The summed E-state index contributed by atoms with van der Waals surface area (Å²) in [4.78, 5) is 1.81. The first-order valence-electron chi connectivity index (χ1n) is 8.18. The summed E-state index contributed by atoms with van der Waals surface area (Å²) in [6.07, 6.45) is 0.975. The van der Waals surface area contributed by atoms with Crippen LogP contribution in [0.25, 0.3) is 6.08 Å². The van der Waals surface area contributed by atoms with Gasteiger partial charge in [0, 0.05) is 25.3 Å². The van der Waals surface area contributed by atoms with Crippen LogP contribution in [-0.2, 0) is 14.8 Å². The Morgan fingerprint density at radius 2 is 2.04 bits per heavy atom. The SMILES string of the molecule is CCC(O)CNS(=O)(=O)/C(C#N)=C/c1ccc(N2CCOCC2)cc1. The van der Waals surface area contributed by atoms with Crippen molar-refractivity contribution in [1.29, 1.82) is 5.26 Å². The molecule has 0 amide bonds. The largest absolute Gasteiger partial charge is 0.392 e. The summed E-state index contributed by atoms with van der Waals surface area (Å²) in [6.45, 7) is 4.64. The van der Waals surface area contributed by atoms with E-state index in [0.717, 1.165) is 18.8 Å². The Morgan fingerprint density at radius 3 is 2.60 bits per heavy atom. The Labute approximate surface area is 148 Å². The third-order valence-corrected chi connectivity index (χ3v) is 5.28. The Bertz CT molecular complexity index is 732. The zero-order valence-corrected chi connectivity index (χ0v) is 15.0. The maximum Gasteiger partial charge on any atom is 0.250 e. The van der Waals surface area contributed by atoms with Gasteiger partial charge < -0.3 is 14.7 Å². The Balaban J connectivity index is 2.12. The van der Waals surface area contributed by atoms with Crippen LogP contribution in [0.2, 0.25) is 0 Å². The molecule has 1 aromatic rings. The minimum absolute atomic E-state index is 0.117.